The van der Waals surface area contributed by atoms with Gasteiger partial charge >= 0.3 is 0 Å². The van der Waals surface area contributed by atoms with Crippen molar-refractivity contribution in [2.24, 2.45) is 11.8 Å². The Morgan fingerprint density at radius 1 is 1.35 bits per heavy atom. The summed E-state index contributed by atoms with van der Waals surface area (Å²) in [5.74, 6) is 1.59. The van der Waals surface area contributed by atoms with Gasteiger partial charge < -0.3 is 4.90 Å². The number of ketones is 1. The minimum absolute atomic E-state index is 0.0518. The topological polar surface area (TPSA) is 58.6 Å². The van der Waals surface area contributed by atoms with Gasteiger partial charge in [0.2, 0.25) is 5.91 Å². The van der Waals surface area contributed by atoms with Gasteiger partial charge in [0.25, 0.3) is 0 Å². The van der Waals surface area contributed by atoms with Crippen LogP contribution in [0.15, 0.2) is 0 Å². The van der Waals surface area contributed by atoms with Gasteiger partial charge in [0.05, 0.1) is 6.10 Å². The van der Waals surface area contributed by atoms with Crippen molar-refractivity contribution in [1.29, 1.82) is 0 Å². The number of hydroxylamine groups is 1. The molecule has 5 nitrogen and oxygen atoms in total. The molecule has 4 atom stereocenters. The highest BCUT2D eigenvalue weighted by Gasteiger charge is 2.41. The minimum atomic E-state index is 0.0518. The van der Waals surface area contributed by atoms with Crippen molar-refractivity contribution in [3.8, 4) is 0 Å². The van der Waals surface area contributed by atoms with Crippen LogP contribution in [0.3, 0.4) is 0 Å². The lowest BCUT2D eigenvalue weighted by molar-refractivity contribution is -0.161. The summed E-state index contributed by atoms with van der Waals surface area (Å²) in [6.45, 7) is 3.97. The molecule has 1 saturated carbocycles. The molecule has 2 saturated heterocycles. The Bertz CT molecular complexity index is 399. The molecule has 1 N–H and O–H groups in total. The van der Waals surface area contributed by atoms with E-state index in [9.17, 15) is 9.59 Å². The van der Waals surface area contributed by atoms with E-state index >= 15 is 0 Å². The van der Waals surface area contributed by atoms with Crippen LogP contribution in [0.5, 0.6) is 0 Å². The summed E-state index contributed by atoms with van der Waals surface area (Å²) in [6, 6.07) is 0.290. The van der Waals surface area contributed by atoms with Crippen LogP contribution < -0.4 is 5.48 Å². The van der Waals surface area contributed by atoms with Crippen molar-refractivity contribution in [1.82, 2.24) is 10.4 Å². The summed E-state index contributed by atoms with van der Waals surface area (Å²) in [5.41, 5.74) is 3.14. The zero-order valence-electron chi connectivity index (χ0n) is 12.1. The highest BCUT2D eigenvalue weighted by atomic mass is 16.7. The quantitative estimate of drug-likeness (QED) is 0.846. The second-order valence-corrected chi connectivity index (χ2v) is 6.46. The van der Waals surface area contributed by atoms with Crippen LogP contribution >= 0.6 is 0 Å². The Hall–Kier alpha value is -0.940. The van der Waals surface area contributed by atoms with Crippen LogP contribution in [0.1, 0.15) is 45.4 Å². The molecule has 0 radical (unpaired) electrons. The number of Topliss-reactive ketones (excluding diaryl/α,β-unsaturated/α-hetero) is 1. The minimum Gasteiger partial charge on any atom is -0.343 e. The molecule has 0 aromatic heterocycles. The average Bonchev–Trinajstić information content (AvgIpc) is 2.83. The average molecular weight is 280 g/mol. The number of carbonyl (C=O) groups is 2. The molecule has 112 valence electrons. The van der Waals surface area contributed by atoms with Gasteiger partial charge in [-0.25, -0.2) is 0 Å². The zero-order valence-corrected chi connectivity index (χ0v) is 12.1. The Labute approximate surface area is 120 Å². The van der Waals surface area contributed by atoms with E-state index in [1.54, 1.807) is 0 Å². The number of rotatable bonds is 3. The van der Waals surface area contributed by atoms with Crippen LogP contribution in [0.4, 0.5) is 0 Å². The van der Waals surface area contributed by atoms with Gasteiger partial charge in [-0.05, 0) is 31.1 Å². The standard InChI is InChI=1S/C15H24N2O3/c1-10-12-5-4-11(18)9-14(12)20-16-13(10)6-8-17-7-2-3-15(17)19/h10,12-14,16H,2-9H2,1H3. The predicted molar refractivity (Wildman–Crippen MR) is 73.7 cm³/mol. The number of nitrogens with zero attached hydrogens (tertiary/aromatic N) is 1. The molecule has 0 aromatic carbocycles. The normalized spacial score (nSPS) is 38.1. The molecule has 1 amide bonds. The van der Waals surface area contributed by atoms with Gasteiger partial charge in [0.15, 0.2) is 0 Å². The third kappa shape index (κ3) is 2.74. The Morgan fingerprint density at radius 3 is 2.95 bits per heavy atom. The summed E-state index contributed by atoms with van der Waals surface area (Å²) >= 11 is 0. The first-order valence-corrected chi connectivity index (χ1v) is 7.86. The van der Waals surface area contributed by atoms with Gasteiger partial charge in [-0.1, -0.05) is 6.92 Å². The lowest BCUT2D eigenvalue weighted by Crippen LogP contribution is -2.53. The van der Waals surface area contributed by atoms with Crippen LogP contribution in [-0.2, 0) is 14.4 Å². The molecular formula is C15H24N2O3. The maximum absolute atomic E-state index is 11.6. The predicted octanol–water partition coefficient (Wildman–Crippen LogP) is 1.28. The fourth-order valence-corrected chi connectivity index (χ4v) is 3.86. The van der Waals surface area contributed by atoms with Crippen LogP contribution in [0.25, 0.3) is 0 Å². The first-order valence-electron chi connectivity index (χ1n) is 7.86. The van der Waals surface area contributed by atoms with E-state index in [1.165, 1.54) is 0 Å². The number of hydrogen-bond donors (Lipinski definition) is 1. The van der Waals surface area contributed by atoms with Crippen molar-refractivity contribution in [2.75, 3.05) is 13.1 Å². The lowest BCUT2D eigenvalue weighted by Gasteiger charge is -2.44. The molecule has 2 aliphatic heterocycles. The fraction of sp³-hybridized carbons (Fsp3) is 0.867. The zero-order chi connectivity index (χ0) is 14.1. The van der Waals surface area contributed by atoms with E-state index in [4.69, 9.17) is 4.84 Å². The molecule has 2 heterocycles. The molecular weight excluding hydrogens is 256 g/mol. The molecule has 5 heteroatoms. The third-order valence-electron chi connectivity index (χ3n) is 5.23. The van der Waals surface area contributed by atoms with E-state index < -0.39 is 0 Å². The number of fused-ring (bicyclic) bond motifs is 1. The summed E-state index contributed by atoms with van der Waals surface area (Å²) < 4.78 is 0. The van der Waals surface area contributed by atoms with Gasteiger partial charge in [-0.15, -0.1) is 0 Å². The number of hydrogen-bond acceptors (Lipinski definition) is 4. The molecule has 0 aromatic rings. The van der Waals surface area contributed by atoms with Gasteiger partial charge in [-0.3, -0.25) is 14.4 Å². The van der Waals surface area contributed by atoms with E-state index in [0.717, 1.165) is 32.4 Å². The second-order valence-electron chi connectivity index (χ2n) is 6.46. The summed E-state index contributed by atoms with van der Waals surface area (Å²) in [7, 11) is 0. The Kier molecular flexibility index (Phi) is 4.08. The van der Waals surface area contributed by atoms with Gasteiger partial charge in [0.1, 0.15) is 5.78 Å². The highest BCUT2D eigenvalue weighted by molar-refractivity contribution is 5.79. The molecule has 20 heavy (non-hydrogen) atoms. The van der Waals surface area contributed by atoms with Crippen molar-refractivity contribution in [3.05, 3.63) is 0 Å². The van der Waals surface area contributed by atoms with Crippen molar-refractivity contribution in [2.45, 2.75) is 57.6 Å². The smallest absolute Gasteiger partial charge is 0.222 e. The number of amides is 1. The van der Waals surface area contributed by atoms with Gasteiger partial charge in [-0.2, -0.15) is 5.48 Å². The Balaban J connectivity index is 1.53. The molecule has 3 fully saturated rings. The summed E-state index contributed by atoms with van der Waals surface area (Å²) in [6.07, 6.45) is 4.89. The molecule has 3 aliphatic rings. The molecule has 0 bridgehead atoms. The van der Waals surface area contributed by atoms with Crippen molar-refractivity contribution >= 4 is 11.7 Å². The Morgan fingerprint density at radius 2 is 2.20 bits per heavy atom. The highest BCUT2D eigenvalue weighted by Crippen LogP contribution is 2.36. The molecule has 4 unspecified atom stereocenters. The first-order chi connectivity index (χ1) is 9.65. The molecule has 1 aliphatic carbocycles. The SMILES string of the molecule is CC1C(CCN2CCCC2=O)NOC2CC(=O)CCC21. The van der Waals surface area contributed by atoms with Crippen LogP contribution in [0.2, 0.25) is 0 Å². The second kappa shape index (κ2) is 5.82. The summed E-state index contributed by atoms with van der Waals surface area (Å²) in [5, 5.41) is 0. The summed E-state index contributed by atoms with van der Waals surface area (Å²) in [4.78, 5) is 30.8. The lowest BCUT2D eigenvalue weighted by atomic mass is 9.74. The molecule has 3 rings (SSSR count). The van der Waals surface area contributed by atoms with Gasteiger partial charge in [0, 0.05) is 38.4 Å². The van der Waals surface area contributed by atoms with Crippen LogP contribution in [0, 0.1) is 11.8 Å². The van der Waals surface area contributed by atoms with E-state index in [1.807, 2.05) is 4.90 Å². The van der Waals surface area contributed by atoms with E-state index in [-0.39, 0.29) is 18.1 Å². The largest absolute Gasteiger partial charge is 0.343 e. The number of nitrogens with one attached hydrogen (secondary N) is 1. The fourth-order valence-electron chi connectivity index (χ4n) is 3.86. The third-order valence-corrected chi connectivity index (χ3v) is 5.23. The number of likely N-dealkylation sites (tertiary alicyclic amines) is 1. The van der Waals surface area contributed by atoms with Crippen molar-refractivity contribution in [3.63, 3.8) is 0 Å². The van der Waals surface area contributed by atoms with Crippen molar-refractivity contribution < 1.29 is 14.4 Å². The maximum Gasteiger partial charge on any atom is 0.222 e. The van der Waals surface area contributed by atoms with Crippen LogP contribution in [-0.4, -0.2) is 41.8 Å². The maximum atomic E-state index is 11.6. The van der Waals surface area contributed by atoms with E-state index in [2.05, 4.69) is 12.4 Å². The monoisotopic (exact) mass is 280 g/mol. The van der Waals surface area contributed by atoms with E-state index in [0.29, 0.717) is 36.9 Å². The first kappa shape index (κ1) is 14.0. The number of carbonyl (C=O) groups excluding carboxylic acids is 2. The molecule has 0 spiro atoms.